The highest BCUT2D eigenvalue weighted by atomic mass is 16.5. The first-order valence-corrected chi connectivity index (χ1v) is 12.7. The highest BCUT2D eigenvalue weighted by Gasteiger charge is 2.41. The number of likely N-dealkylation sites (tertiary alicyclic amines) is 1. The second kappa shape index (κ2) is 12.4. The minimum Gasteiger partial charge on any atom is -0.504 e. The maximum Gasteiger partial charge on any atom is 0.312 e. The Hall–Kier alpha value is -3.47. The molecule has 204 valence electrons. The van der Waals surface area contributed by atoms with Crippen molar-refractivity contribution in [3.63, 3.8) is 0 Å². The summed E-state index contributed by atoms with van der Waals surface area (Å²) in [7, 11) is 1.59. The van der Waals surface area contributed by atoms with Crippen molar-refractivity contribution in [1.82, 2.24) is 15.0 Å². The van der Waals surface area contributed by atoms with E-state index in [9.17, 15) is 15.0 Å². The van der Waals surface area contributed by atoms with Gasteiger partial charge in [-0.2, -0.15) is 4.98 Å². The lowest BCUT2D eigenvalue weighted by Gasteiger charge is -2.38. The number of methoxy groups -OCH3 is 1. The lowest BCUT2D eigenvalue weighted by atomic mass is 9.79. The summed E-state index contributed by atoms with van der Waals surface area (Å²) >= 11 is 0. The molecule has 2 N–H and O–H groups in total. The van der Waals surface area contributed by atoms with E-state index in [4.69, 9.17) is 18.7 Å². The van der Waals surface area contributed by atoms with Crippen LogP contribution in [0.5, 0.6) is 11.5 Å². The van der Waals surface area contributed by atoms with E-state index >= 15 is 0 Å². The zero-order chi connectivity index (χ0) is 27.1. The molecule has 1 aliphatic rings. The molecule has 3 aromatic rings. The average Bonchev–Trinajstić information content (AvgIpc) is 3.39. The molecule has 1 saturated heterocycles. The number of benzene rings is 2. The zero-order valence-corrected chi connectivity index (χ0v) is 22.1. The lowest BCUT2D eigenvalue weighted by molar-refractivity contribution is -0.157. The highest BCUT2D eigenvalue weighted by molar-refractivity contribution is 5.75. The molecule has 0 atom stereocenters. The van der Waals surface area contributed by atoms with Crippen LogP contribution in [-0.2, 0) is 20.8 Å². The number of aromatic hydroxyl groups is 1. The maximum absolute atomic E-state index is 12.0. The van der Waals surface area contributed by atoms with Crippen molar-refractivity contribution in [2.45, 2.75) is 39.3 Å². The van der Waals surface area contributed by atoms with Crippen LogP contribution < -0.4 is 4.74 Å². The van der Waals surface area contributed by atoms with Gasteiger partial charge in [-0.15, -0.1) is 0 Å². The number of hydrogen-bond acceptors (Lipinski definition) is 9. The molecule has 1 aliphatic heterocycles. The van der Waals surface area contributed by atoms with Gasteiger partial charge in [0.05, 0.1) is 31.3 Å². The predicted octanol–water partition coefficient (Wildman–Crippen LogP) is 4.23. The van der Waals surface area contributed by atoms with E-state index < -0.39 is 11.4 Å². The second-order valence-electron chi connectivity index (χ2n) is 9.88. The van der Waals surface area contributed by atoms with Crippen molar-refractivity contribution in [1.29, 1.82) is 0 Å². The summed E-state index contributed by atoms with van der Waals surface area (Å²) in [5.41, 5.74) is 1.68. The Morgan fingerprint density at radius 1 is 1.11 bits per heavy atom. The van der Waals surface area contributed by atoms with Crippen molar-refractivity contribution in [3.8, 4) is 34.3 Å². The van der Waals surface area contributed by atoms with Gasteiger partial charge in [0.1, 0.15) is 0 Å². The molecule has 0 unspecified atom stereocenters. The van der Waals surface area contributed by atoms with Gasteiger partial charge in [-0.3, -0.25) is 9.69 Å². The third-order valence-electron chi connectivity index (χ3n) is 6.69. The molecule has 4 rings (SSSR count). The van der Waals surface area contributed by atoms with Crippen LogP contribution in [0.3, 0.4) is 0 Å². The summed E-state index contributed by atoms with van der Waals surface area (Å²) in [4.78, 5) is 18.7. The van der Waals surface area contributed by atoms with Crippen LogP contribution in [0.2, 0.25) is 0 Å². The predicted molar refractivity (Wildman–Crippen MR) is 140 cm³/mol. The number of aliphatic carboxylic acids is 1. The summed E-state index contributed by atoms with van der Waals surface area (Å²) in [6, 6.07) is 12.9. The molecular formula is C28H35N3O7. The SMILES string of the molecule is COCCOCC1(C(=O)O)CCN(Cc2ccc(-c3noc(-c4ccc(OC(C)C)c(O)c4)n3)cc2)CC1. The third-order valence-corrected chi connectivity index (χ3v) is 6.69. The number of carbonyl (C=O) groups is 1. The summed E-state index contributed by atoms with van der Waals surface area (Å²) in [6.45, 7) is 6.92. The molecule has 2 aromatic carbocycles. The topological polar surface area (TPSA) is 127 Å². The van der Waals surface area contributed by atoms with Crippen molar-refractivity contribution in [2.24, 2.45) is 5.41 Å². The third kappa shape index (κ3) is 6.69. The first-order chi connectivity index (χ1) is 18.3. The van der Waals surface area contributed by atoms with Gasteiger partial charge in [-0.1, -0.05) is 29.4 Å². The lowest BCUT2D eigenvalue weighted by Crippen LogP contribution is -2.46. The number of phenolic OH excluding ortho intramolecular Hbond substituents is 1. The minimum absolute atomic E-state index is 0.0113. The summed E-state index contributed by atoms with van der Waals surface area (Å²) in [5.74, 6) is 0.366. The Kier molecular flexibility index (Phi) is 8.98. The van der Waals surface area contributed by atoms with E-state index in [0.29, 0.717) is 62.2 Å². The standard InChI is InChI=1S/C28H35N3O7/c1-19(2)37-24-9-8-22(16-23(24)32)26-29-25(30-38-26)21-6-4-20(5-7-21)17-31-12-10-28(11-13-31,27(33)34)18-36-15-14-35-3/h4-9,16,19,32H,10-15,17-18H2,1-3H3,(H,33,34). The highest BCUT2D eigenvalue weighted by Crippen LogP contribution is 2.34. The first-order valence-electron chi connectivity index (χ1n) is 12.7. The molecule has 0 spiro atoms. The van der Waals surface area contributed by atoms with Gasteiger partial charge >= 0.3 is 5.97 Å². The molecule has 0 saturated carbocycles. The fourth-order valence-corrected chi connectivity index (χ4v) is 4.45. The zero-order valence-electron chi connectivity index (χ0n) is 22.1. The molecule has 10 nitrogen and oxygen atoms in total. The molecule has 0 amide bonds. The molecule has 0 aliphatic carbocycles. The van der Waals surface area contributed by atoms with Crippen LogP contribution in [0, 0.1) is 5.41 Å². The fourth-order valence-electron chi connectivity index (χ4n) is 4.45. The number of hydrogen-bond donors (Lipinski definition) is 2. The van der Waals surface area contributed by atoms with Crippen molar-refractivity contribution < 1.29 is 33.7 Å². The van der Waals surface area contributed by atoms with E-state index in [1.54, 1.807) is 25.3 Å². The Bertz CT molecular complexity index is 1200. The largest absolute Gasteiger partial charge is 0.504 e. The number of piperidine rings is 1. The molecular weight excluding hydrogens is 490 g/mol. The van der Waals surface area contributed by atoms with Gasteiger partial charge in [0.15, 0.2) is 11.5 Å². The first kappa shape index (κ1) is 27.6. The van der Waals surface area contributed by atoms with Crippen molar-refractivity contribution >= 4 is 5.97 Å². The minimum atomic E-state index is -0.844. The normalized spacial score (nSPS) is 15.6. The number of carboxylic acids is 1. The number of ether oxygens (including phenoxy) is 3. The van der Waals surface area contributed by atoms with Crippen molar-refractivity contribution in [2.75, 3.05) is 40.0 Å². The summed E-state index contributed by atoms with van der Waals surface area (Å²) in [5, 5.41) is 24.2. The quantitative estimate of drug-likeness (QED) is 0.332. The van der Waals surface area contributed by atoms with Gasteiger partial charge in [0.2, 0.25) is 5.82 Å². The fraction of sp³-hybridized carbons (Fsp3) is 0.464. The molecule has 1 fully saturated rings. The average molecular weight is 526 g/mol. The van der Waals surface area contributed by atoms with Gasteiger partial charge < -0.3 is 28.9 Å². The van der Waals surface area contributed by atoms with Crippen LogP contribution in [0.1, 0.15) is 32.3 Å². The smallest absolute Gasteiger partial charge is 0.312 e. The van der Waals surface area contributed by atoms with Gasteiger partial charge in [-0.05, 0) is 63.5 Å². The van der Waals surface area contributed by atoms with Crippen LogP contribution in [0.15, 0.2) is 47.0 Å². The van der Waals surface area contributed by atoms with Crippen molar-refractivity contribution in [3.05, 3.63) is 48.0 Å². The number of carboxylic acid groups (broad SMARTS) is 1. The van der Waals surface area contributed by atoms with Crippen LogP contribution in [0.4, 0.5) is 0 Å². The van der Waals surface area contributed by atoms with E-state index in [1.807, 2.05) is 38.1 Å². The van der Waals surface area contributed by atoms with Gasteiger partial charge in [-0.25, -0.2) is 0 Å². The molecule has 0 radical (unpaired) electrons. The molecule has 0 bridgehead atoms. The molecule has 2 heterocycles. The summed E-state index contributed by atoms with van der Waals surface area (Å²) < 4.78 is 21.5. The number of rotatable bonds is 12. The second-order valence-corrected chi connectivity index (χ2v) is 9.88. The molecule has 10 heteroatoms. The van der Waals surface area contributed by atoms with Crippen LogP contribution >= 0.6 is 0 Å². The van der Waals surface area contributed by atoms with Crippen LogP contribution in [-0.4, -0.2) is 77.3 Å². The molecule has 38 heavy (non-hydrogen) atoms. The van der Waals surface area contributed by atoms with E-state index in [0.717, 1.165) is 17.7 Å². The number of aromatic nitrogens is 2. The number of phenols is 1. The van der Waals surface area contributed by atoms with E-state index in [2.05, 4.69) is 15.0 Å². The van der Waals surface area contributed by atoms with E-state index in [1.165, 1.54) is 0 Å². The monoisotopic (exact) mass is 525 g/mol. The maximum atomic E-state index is 12.0. The Morgan fingerprint density at radius 2 is 1.82 bits per heavy atom. The van der Waals surface area contributed by atoms with Gasteiger partial charge in [0, 0.05) is 24.8 Å². The Balaban J connectivity index is 1.34. The Morgan fingerprint density at radius 3 is 2.45 bits per heavy atom. The van der Waals surface area contributed by atoms with E-state index in [-0.39, 0.29) is 18.5 Å². The molecule has 1 aromatic heterocycles. The number of nitrogens with zero attached hydrogens (tertiary/aromatic N) is 3. The van der Waals surface area contributed by atoms with Crippen LogP contribution in [0.25, 0.3) is 22.8 Å². The van der Waals surface area contributed by atoms with Gasteiger partial charge in [0.25, 0.3) is 5.89 Å². The Labute approximate surface area is 222 Å². The summed E-state index contributed by atoms with van der Waals surface area (Å²) in [6.07, 6.45) is 1.03.